The highest BCUT2D eigenvalue weighted by Gasteiger charge is 2.21. The van der Waals surface area contributed by atoms with E-state index >= 15 is 0 Å². The third kappa shape index (κ3) is 11.3. The number of nitrogens with one attached hydrogen (secondary N) is 1. The molecule has 0 saturated carbocycles. The van der Waals surface area contributed by atoms with Gasteiger partial charge in [-0.05, 0) is 26.2 Å². The summed E-state index contributed by atoms with van der Waals surface area (Å²) in [6, 6.07) is 0.623. The molecular formula is C26H51N2+. The highest BCUT2D eigenvalue weighted by Crippen LogP contribution is 2.21. The molecule has 164 valence electrons. The van der Waals surface area contributed by atoms with Gasteiger partial charge in [0.1, 0.15) is 12.4 Å². The van der Waals surface area contributed by atoms with Crippen LogP contribution in [0.2, 0.25) is 0 Å². The molecule has 0 bridgehead atoms. The van der Waals surface area contributed by atoms with Crippen molar-refractivity contribution in [1.29, 1.82) is 0 Å². The van der Waals surface area contributed by atoms with Crippen LogP contribution >= 0.6 is 0 Å². The van der Waals surface area contributed by atoms with Crippen LogP contribution in [-0.2, 0) is 0 Å². The third-order valence-corrected chi connectivity index (χ3v) is 6.40. The van der Waals surface area contributed by atoms with Crippen LogP contribution in [0.25, 0.3) is 0 Å². The Bertz CT molecular complexity index is 451. The second-order valence-electron chi connectivity index (χ2n) is 9.18. The van der Waals surface area contributed by atoms with Crippen molar-refractivity contribution in [2.75, 3.05) is 0 Å². The van der Waals surface area contributed by atoms with E-state index in [1.165, 1.54) is 115 Å². The van der Waals surface area contributed by atoms with Crippen molar-refractivity contribution in [1.82, 2.24) is 4.98 Å². The van der Waals surface area contributed by atoms with Gasteiger partial charge in [0.05, 0.1) is 12.0 Å². The fourth-order valence-electron chi connectivity index (χ4n) is 4.40. The molecule has 0 aliphatic carbocycles. The maximum atomic E-state index is 3.54. The van der Waals surface area contributed by atoms with Gasteiger partial charge in [0, 0.05) is 0 Å². The van der Waals surface area contributed by atoms with Crippen LogP contribution in [0.4, 0.5) is 0 Å². The zero-order valence-electron chi connectivity index (χ0n) is 19.8. The predicted octanol–water partition coefficient (Wildman–Crippen LogP) is 8.64. The zero-order chi connectivity index (χ0) is 20.5. The van der Waals surface area contributed by atoms with Crippen LogP contribution in [-0.4, -0.2) is 4.98 Å². The van der Waals surface area contributed by atoms with E-state index in [-0.39, 0.29) is 0 Å². The van der Waals surface area contributed by atoms with Crippen molar-refractivity contribution in [3.05, 3.63) is 18.2 Å². The SMILES string of the molecule is CCCCCCCCCCCCC(C)[n+]1cc[nH]c1C(C)CCCCCCC. The molecule has 1 aromatic rings. The van der Waals surface area contributed by atoms with Gasteiger partial charge < -0.3 is 0 Å². The topological polar surface area (TPSA) is 19.7 Å². The summed E-state index contributed by atoms with van der Waals surface area (Å²) in [5.74, 6) is 2.09. The predicted molar refractivity (Wildman–Crippen MR) is 124 cm³/mol. The lowest BCUT2D eigenvalue weighted by molar-refractivity contribution is -0.727. The molecular weight excluding hydrogens is 340 g/mol. The average Bonchev–Trinajstić information content (AvgIpc) is 3.19. The largest absolute Gasteiger partial charge is 0.257 e. The van der Waals surface area contributed by atoms with Crippen molar-refractivity contribution in [3.8, 4) is 0 Å². The number of hydrogen-bond acceptors (Lipinski definition) is 0. The quantitative estimate of drug-likeness (QED) is 0.180. The summed E-state index contributed by atoms with van der Waals surface area (Å²) in [5.41, 5.74) is 0. The van der Waals surface area contributed by atoms with Crippen LogP contribution in [0.3, 0.4) is 0 Å². The number of unbranched alkanes of at least 4 members (excludes halogenated alkanes) is 13. The Morgan fingerprint density at radius 3 is 1.68 bits per heavy atom. The molecule has 1 aromatic heterocycles. The molecule has 2 unspecified atom stereocenters. The number of hydrogen-bond donors (Lipinski definition) is 1. The molecule has 0 aromatic carbocycles. The van der Waals surface area contributed by atoms with Crippen molar-refractivity contribution in [3.63, 3.8) is 0 Å². The summed E-state index contributed by atoms with van der Waals surface area (Å²) in [5, 5.41) is 0. The summed E-state index contributed by atoms with van der Waals surface area (Å²) in [6.07, 6.45) is 28.2. The first-order valence-electron chi connectivity index (χ1n) is 12.8. The molecule has 2 heteroatoms. The number of rotatable bonds is 19. The lowest BCUT2D eigenvalue weighted by atomic mass is 10.0. The number of aromatic amines is 1. The van der Waals surface area contributed by atoms with Gasteiger partial charge >= 0.3 is 0 Å². The lowest BCUT2D eigenvalue weighted by Crippen LogP contribution is -2.40. The fraction of sp³-hybridized carbons (Fsp3) is 0.885. The molecule has 0 aliphatic heterocycles. The fourth-order valence-corrected chi connectivity index (χ4v) is 4.40. The second kappa shape index (κ2) is 17.1. The van der Waals surface area contributed by atoms with E-state index in [0.717, 1.165) is 0 Å². The van der Waals surface area contributed by atoms with Crippen molar-refractivity contribution in [2.45, 2.75) is 149 Å². The van der Waals surface area contributed by atoms with Gasteiger partial charge in [0.15, 0.2) is 0 Å². The molecule has 28 heavy (non-hydrogen) atoms. The summed E-state index contributed by atoms with van der Waals surface area (Å²) in [6.45, 7) is 9.39. The van der Waals surface area contributed by atoms with E-state index in [0.29, 0.717) is 12.0 Å². The smallest absolute Gasteiger partial charge is 0.247 e. The van der Waals surface area contributed by atoms with E-state index in [1.54, 1.807) is 0 Å². The van der Waals surface area contributed by atoms with Crippen molar-refractivity contribution >= 4 is 0 Å². The molecule has 0 aliphatic rings. The Balaban J connectivity index is 2.16. The molecule has 2 nitrogen and oxygen atoms in total. The summed E-state index contributed by atoms with van der Waals surface area (Å²) >= 11 is 0. The van der Waals surface area contributed by atoms with E-state index in [4.69, 9.17) is 0 Å². The molecule has 2 atom stereocenters. The van der Waals surface area contributed by atoms with Crippen LogP contribution in [0.1, 0.15) is 155 Å². The number of aromatic nitrogens is 2. The lowest BCUT2D eigenvalue weighted by Gasteiger charge is -2.14. The second-order valence-corrected chi connectivity index (χ2v) is 9.18. The first kappa shape index (κ1) is 25.2. The molecule has 0 radical (unpaired) electrons. The Labute approximate surface area is 176 Å². The van der Waals surface area contributed by atoms with E-state index < -0.39 is 0 Å². The van der Waals surface area contributed by atoms with Gasteiger partial charge in [-0.1, -0.05) is 111 Å². The minimum absolute atomic E-state index is 0.623. The number of nitrogens with zero attached hydrogens (tertiary/aromatic N) is 1. The summed E-state index contributed by atoms with van der Waals surface area (Å²) in [7, 11) is 0. The van der Waals surface area contributed by atoms with Gasteiger partial charge in [-0.2, -0.15) is 0 Å². The Morgan fingerprint density at radius 2 is 1.14 bits per heavy atom. The highest BCUT2D eigenvalue weighted by atomic mass is 15.1. The minimum Gasteiger partial charge on any atom is -0.247 e. The van der Waals surface area contributed by atoms with E-state index in [1.807, 2.05) is 0 Å². The first-order valence-corrected chi connectivity index (χ1v) is 12.8. The highest BCUT2D eigenvalue weighted by molar-refractivity contribution is 4.87. The monoisotopic (exact) mass is 391 g/mol. The molecule has 1 heterocycles. The first-order chi connectivity index (χ1) is 13.7. The Kier molecular flexibility index (Phi) is 15.4. The van der Waals surface area contributed by atoms with Crippen molar-refractivity contribution in [2.24, 2.45) is 0 Å². The molecule has 0 fully saturated rings. The number of imidazole rings is 1. The molecule has 1 rings (SSSR count). The zero-order valence-corrected chi connectivity index (χ0v) is 19.8. The maximum Gasteiger partial charge on any atom is 0.257 e. The normalized spacial score (nSPS) is 13.7. The summed E-state index contributed by atoms with van der Waals surface area (Å²) in [4.78, 5) is 3.54. The minimum atomic E-state index is 0.623. The van der Waals surface area contributed by atoms with Gasteiger partial charge in [-0.25, -0.2) is 9.55 Å². The third-order valence-electron chi connectivity index (χ3n) is 6.40. The van der Waals surface area contributed by atoms with Crippen LogP contribution in [0, 0.1) is 0 Å². The van der Waals surface area contributed by atoms with E-state index in [2.05, 4.69) is 49.6 Å². The molecule has 0 saturated heterocycles. The Morgan fingerprint density at radius 1 is 0.679 bits per heavy atom. The number of H-pyrrole nitrogens is 1. The molecule has 0 amide bonds. The Hall–Kier alpha value is -0.790. The van der Waals surface area contributed by atoms with Gasteiger partial charge in [0.25, 0.3) is 5.82 Å². The summed E-state index contributed by atoms with van der Waals surface area (Å²) < 4.78 is 2.52. The van der Waals surface area contributed by atoms with Crippen LogP contribution in [0.15, 0.2) is 12.4 Å². The molecule has 0 spiro atoms. The average molecular weight is 392 g/mol. The van der Waals surface area contributed by atoms with Crippen LogP contribution in [0.5, 0.6) is 0 Å². The van der Waals surface area contributed by atoms with Gasteiger partial charge in [-0.3, -0.25) is 0 Å². The van der Waals surface area contributed by atoms with Gasteiger partial charge in [-0.15, -0.1) is 0 Å². The van der Waals surface area contributed by atoms with Crippen molar-refractivity contribution < 1.29 is 4.57 Å². The van der Waals surface area contributed by atoms with E-state index in [9.17, 15) is 0 Å². The molecule has 1 N–H and O–H groups in total. The van der Waals surface area contributed by atoms with Gasteiger partial charge in [0.2, 0.25) is 0 Å². The standard InChI is InChI=1S/C26H50N2/c1-5-7-9-11-12-13-14-15-17-19-21-25(4)28-23-22-27-26(28)24(3)20-18-16-10-8-6-2/h22-25H,5-21H2,1-4H3/p+1. The maximum absolute atomic E-state index is 3.54. The van der Waals surface area contributed by atoms with Crippen LogP contribution < -0.4 is 4.57 Å².